The van der Waals surface area contributed by atoms with Crippen LogP contribution in [0, 0.1) is 0 Å². The summed E-state index contributed by atoms with van der Waals surface area (Å²) in [7, 11) is 0. The lowest BCUT2D eigenvalue weighted by molar-refractivity contribution is 0.208. The van der Waals surface area contributed by atoms with Crippen LogP contribution in [0.25, 0.3) is 0 Å². The molecule has 0 radical (unpaired) electrons. The van der Waals surface area contributed by atoms with Gasteiger partial charge in [-0.2, -0.15) is 0 Å². The van der Waals surface area contributed by atoms with E-state index in [1.165, 1.54) is 22.7 Å². The first-order valence-electron chi connectivity index (χ1n) is 7.69. The summed E-state index contributed by atoms with van der Waals surface area (Å²) >= 11 is 2.81. The fourth-order valence-corrected chi connectivity index (χ4v) is 4.14. The summed E-state index contributed by atoms with van der Waals surface area (Å²) in [6, 6.07) is 3.93. The zero-order valence-electron chi connectivity index (χ0n) is 13.1. The van der Waals surface area contributed by atoms with Crippen LogP contribution in [-0.4, -0.2) is 22.4 Å². The molecular weight excluding hydrogens is 348 g/mol. The molecule has 2 heterocycles. The summed E-state index contributed by atoms with van der Waals surface area (Å²) in [5.74, 6) is 0. The van der Waals surface area contributed by atoms with Gasteiger partial charge in [-0.25, -0.2) is 9.59 Å². The van der Waals surface area contributed by atoms with Crippen molar-refractivity contribution < 1.29 is 19.8 Å². The second-order valence-electron chi connectivity index (χ2n) is 5.32. The van der Waals surface area contributed by atoms with Crippen molar-refractivity contribution in [1.29, 1.82) is 0 Å². The molecule has 4 N–H and O–H groups in total. The van der Waals surface area contributed by atoms with Crippen molar-refractivity contribution in [2.75, 3.05) is 10.6 Å². The van der Waals surface area contributed by atoms with Crippen molar-refractivity contribution in [3.05, 3.63) is 34.0 Å². The van der Waals surface area contributed by atoms with Crippen LogP contribution in [0.5, 0.6) is 0 Å². The smallest absolute Gasteiger partial charge is 0.409 e. The van der Waals surface area contributed by atoms with Crippen LogP contribution in [0.4, 0.5) is 19.6 Å². The molecule has 8 heteroatoms. The van der Waals surface area contributed by atoms with Gasteiger partial charge in [-0.15, -0.1) is 22.7 Å². The van der Waals surface area contributed by atoms with Gasteiger partial charge in [0.05, 0.1) is 0 Å². The molecule has 0 aliphatic rings. The number of thiophene rings is 2. The maximum absolute atomic E-state index is 10.7. The highest BCUT2D eigenvalue weighted by atomic mass is 32.1. The lowest BCUT2D eigenvalue weighted by Crippen LogP contribution is -2.07. The topological polar surface area (TPSA) is 98.7 Å². The molecule has 0 aliphatic heterocycles. The van der Waals surface area contributed by atoms with Crippen molar-refractivity contribution in [2.45, 2.75) is 38.5 Å². The average Bonchev–Trinajstić information content (AvgIpc) is 3.11. The van der Waals surface area contributed by atoms with Gasteiger partial charge < -0.3 is 10.2 Å². The quantitative estimate of drug-likeness (QED) is 0.449. The summed E-state index contributed by atoms with van der Waals surface area (Å²) in [4.78, 5) is 21.4. The number of hydrogen-bond donors (Lipinski definition) is 4. The van der Waals surface area contributed by atoms with E-state index in [4.69, 9.17) is 10.2 Å². The third kappa shape index (κ3) is 5.86. The van der Waals surface area contributed by atoms with Crippen molar-refractivity contribution in [3.8, 4) is 0 Å². The number of nitrogens with one attached hydrogen (secondary N) is 2. The third-order valence-electron chi connectivity index (χ3n) is 3.58. The second-order valence-corrected chi connectivity index (χ2v) is 7.16. The van der Waals surface area contributed by atoms with Crippen LogP contribution in [-0.2, 0) is 12.8 Å². The first-order chi connectivity index (χ1) is 11.6. The summed E-state index contributed by atoms with van der Waals surface area (Å²) < 4.78 is 0. The summed E-state index contributed by atoms with van der Waals surface area (Å²) in [5.41, 5.74) is 2.10. The number of rotatable bonds is 9. The Morgan fingerprint density at radius 3 is 1.58 bits per heavy atom. The van der Waals surface area contributed by atoms with Gasteiger partial charge >= 0.3 is 12.2 Å². The molecule has 6 nitrogen and oxygen atoms in total. The van der Waals surface area contributed by atoms with Crippen LogP contribution >= 0.6 is 22.7 Å². The third-order valence-corrected chi connectivity index (χ3v) is 5.32. The van der Waals surface area contributed by atoms with Crippen LogP contribution in [0.3, 0.4) is 0 Å². The minimum Gasteiger partial charge on any atom is -0.465 e. The molecule has 0 bridgehead atoms. The SMILES string of the molecule is O=C(O)Nc1sccc1CCCCCCc1ccsc1NC(=O)O. The zero-order chi connectivity index (χ0) is 17.4. The van der Waals surface area contributed by atoms with E-state index in [0.717, 1.165) is 49.7 Å². The van der Waals surface area contributed by atoms with Crippen LogP contribution in [0.2, 0.25) is 0 Å². The highest BCUT2D eigenvalue weighted by molar-refractivity contribution is 7.14. The molecule has 0 unspecified atom stereocenters. The van der Waals surface area contributed by atoms with Gasteiger partial charge in [-0.1, -0.05) is 12.8 Å². The molecule has 0 aliphatic carbocycles. The van der Waals surface area contributed by atoms with Crippen LogP contribution in [0.1, 0.15) is 36.8 Å². The van der Waals surface area contributed by atoms with E-state index in [1.54, 1.807) is 0 Å². The molecule has 0 saturated heterocycles. The molecule has 0 saturated carbocycles. The van der Waals surface area contributed by atoms with E-state index >= 15 is 0 Å². The van der Waals surface area contributed by atoms with Gasteiger partial charge in [0.1, 0.15) is 10.0 Å². The Labute approximate surface area is 148 Å². The normalized spacial score (nSPS) is 10.5. The van der Waals surface area contributed by atoms with E-state index in [9.17, 15) is 9.59 Å². The van der Waals surface area contributed by atoms with E-state index in [1.807, 2.05) is 22.9 Å². The number of hydrogen-bond acceptors (Lipinski definition) is 4. The molecule has 24 heavy (non-hydrogen) atoms. The first kappa shape index (κ1) is 18.3. The first-order valence-corrected chi connectivity index (χ1v) is 9.45. The van der Waals surface area contributed by atoms with Gasteiger partial charge in [-0.3, -0.25) is 10.6 Å². The van der Waals surface area contributed by atoms with E-state index in [0.29, 0.717) is 10.0 Å². The van der Waals surface area contributed by atoms with Crippen molar-refractivity contribution in [1.82, 2.24) is 0 Å². The molecule has 2 aromatic rings. The van der Waals surface area contributed by atoms with Crippen molar-refractivity contribution in [3.63, 3.8) is 0 Å². The highest BCUT2D eigenvalue weighted by Gasteiger charge is 2.08. The van der Waals surface area contributed by atoms with Crippen LogP contribution < -0.4 is 10.6 Å². The zero-order valence-corrected chi connectivity index (χ0v) is 14.7. The fourth-order valence-electron chi connectivity index (χ4n) is 2.46. The fraction of sp³-hybridized carbons (Fsp3) is 0.375. The Balaban J connectivity index is 1.65. The van der Waals surface area contributed by atoms with Gasteiger partial charge in [0.25, 0.3) is 0 Å². The lowest BCUT2D eigenvalue weighted by atomic mass is 10.1. The predicted octanol–water partition coefficient (Wildman–Crippen LogP) is 5.34. The van der Waals surface area contributed by atoms with Gasteiger partial charge in [0.15, 0.2) is 0 Å². The summed E-state index contributed by atoms with van der Waals surface area (Å²) in [6.45, 7) is 0. The average molecular weight is 368 g/mol. The lowest BCUT2D eigenvalue weighted by Gasteiger charge is -2.05. The molecular formula is C16H20N2O4S2. The maximum atomic E-state index is 10.7. The number of unbranched alkanes of at least 4 members (excludes halogenated alkanes) is 3. The number of aryl methyl sites for hydroxylation is 2. The maximum Gasteiger partial charge on any atom is 0.409 e. The van der Waals surface area contributed by atoms with Gasteiger partial charge in [0, 0.05) is 0 Å². The Morgan fingerprint density at radius 1 is 0.792 bits per heavy atom. The standard InChI is InChI=1S/C16H20N2O4S2/c19-15(20)17-13-11(7-9-23-13)5-3-1-2-4-6-12-8-10-24-14(12)18-16(21)22/h7-10,17-18H,1-6H2,(H,19,20)(H,21,22). The minimum absolute atomic E-state index is 0.713. The molecule has 2 aromatic heterocycles. The highest BCUT2D eigenvalue weighted by Crippen LogP contribution is 2.26. The summed E-state index contributed by atoms with van der Waals surface area (Å²) in [5, 5.41) is 27.6. The number of amides is 2. The van der Waals surface area contributed by atoms with Crippen molar-refractivity contribution in [2.24, 2.45) is 0 Å². The summed E-state index contributed by atoms with van der Waals surface area (Å²) in [6.07, 6.45) is 3.82. The molecule has 0 atom stereocenters. The Kier molecular flexibility index (Phi) is 7.07. The number of carbonyl (C=O) groups is 2. The monoisotopic (exact) mass is 368 g/mol. The minimum atomic E-state index is -1.03. The second kappa shape index (κ2) is 9.29. The molecule has 2 amide bonds. The molecule has 0 aromatic carbocycles. The van der Waals surface area contributed by atoms with Gasteiger partial charge in [0.2, 0.25) is 0 Å². The Morgan fingerprint density at radius 2 is 1.21 bits per heavy atom. The van der Waals surface area contributed by atoms with E-state index in [-0.39, 0.29) is 0 Å². The van der Waals surface area contributed by atoms with Gasteiger partial charge in [-0.05, 0) is 59.7 Å². The van der Waals surface area contributed by atoms with E-state index in [2.05, 4.69) is 10.6 Å². The molecule has 0 spiro atoms. The largest absolute Gasteiger partial charge is 0.465 e. The number of carboxylic acid groups (broad SMARTS) is 2. The van der Waals surface area contributed by atoms with Crippen molar-refractivity contribution >= 4 is 44.9 Å². The number of anilines is 2. The molecule has 130 valence electrons. The van der Waals surface area contributed by atoms with Crippen LogP contribution in [0.15, 0.2) is 22.9 Å². The molecule has 2 rings (SSSR count). The Hall–Kier alpha value is -2.06. The Bertz CT molecular complexity index is 623. The van der Waals surface area contributed by atoms with E-state index < -0.39 is 12.2 Å². The predicted molar refractivity (Wildman–Crippen MR) is 97.8 cm³/mol. The molecule has 0 fully saturated rings.